The summed E-state index contributed by atoms with van der Waals surface area (Å²) in [5.74, 6) is -0.184. The molecule has 9 nitrogen and oxygen atoms in total. The highest BCUT2D eigenvalue weighted by molar-refractivity contribution is 5.93. The summed E-state index contributed by atoms with van der Waals surface area (Å²) in [6.07, 6.45) is 1.41. The van der Waals surface area contributed by atoms with Gasteiger partial charge in [0.2, 0.25) is 5.75 Å². The lowest BCUT2D eigenvalue weighted by molar-refractivity contribution is -0.132. The van der Waals surface area contributed by atoms with Crippen molar-refractivity contribution in [3.63, 3.8) is 0 Å². The lowest BCUT2D eigenvalue weighted by Crippen LogP contribution is -2.18. The number of rotatable bonds is 6. The first-order valence-electron chi connectivity index (χ1n) is 8.49. The number of ether oxygens (including phenoxy) is 3. The quantitative estimate of drug-likeness (QED) is 0.340. The Hall–Kier alpha value is -3.36. The summed E-state index contributed by atoms with van der Waals surface area (Å²) in [5.41, 5.74) is 3.92. The van der Waals surface area contributed by atoms with Gasteiger partial charge in [0, 0.05) is 23.6 Å². The van der Waals surface area contributed by atoms with E-state index in [1.807, 2.05) is 20.8 Å². The monoisotopic (exact) mass is 388 g/mol. The minimum Gasteiger partial charge on any atom is -0.493 e. The average Bonchev–Trinajstić information content (AvgIpc) is 3.12. The summed E-state index contributed by atoms with van der Waals surface area (Å²) in [5, 5.41) is 10.8. The normalized spacial score (nSPS) is 11.4. The van der Waals surface area contributed by atoms with Crippen molar-refractivity contribution in [2.75, 3.05) is 14.2 Å². The number of methoxy groups -OCH3 is 2. The molecule has 28 heavy (non-hydrogen) atoms. The zero-order chi connectivity index (χ0) is 20.9. The number of nitrogens with zero attached hydrogens (tertiary/aromatic N) is 2. The summed E-state index contributed by atoms with van der Waals surface area (Å²) in [6.45, 7) is 7.33. The highest BCUT2D eigenvalue weighted by atomic mass is 16.6. The summed E-state index contributed by atoms with van der Waals surface area (Å²) in [4.78, 5) is 23.4. The molecule has 0 bridgehead atoms. The van der Waals surface area contributed by atoms with Crippen molar-refractivity contribution in [3.8, 4) is 17.2 Å². The maximum Gasteiger partial charge on any atom is 0.308 e. The fraction of sp³-hybridized carbons (Fsp3) is 0.368. The van der Waals surface area contributed by atoms with Crippen molar-refractivity contribution in [1.29, 1.82) is 0 Å². The number of carbonyl (C=O) groups is 2. The van der Waals surface area contributed by atoms with E-state index in [0.29, 0.717) is 17.1 Å². The summed E-state index contributed by atoms with van der Waals surface area (Å²) in [7, 11) is 2.88. The van der Waals surface area contributed by atoms with E-state index < -0.39 is 11.9 Å². The standard InChI is InChI=1S/C19H24N4O5/c1-11(24)28-17-14(26-5)7-12(8-15(17)27-6)10-20-23-18(25)13-9-16(22-21-13)19(2,3)4/h7-10H,1-6H3,(H,21,22)(H,23,25)/b20-10+. The molecule has 1 amide bonds. The van der Waals surface area contributed by atoms with Crippen molar-refractivity contribution < 1.29 is 23.8 Å². The lowest BCUT2D eigenvalue weighted by atomic mass is 9.92. The van der Waals surface area contributed by atoms with Gasteiger partial charge < -0.3 is 14.2 Å². The number of nitrogens with one attached hydrogen (secondary N) is 2. The van der Waals surface area contributed by atoms with Gasteiger partial charge >= 0.3 is 5.97 Å². The van der Waals surface area contributed by atoms with E-state index in [4.69, 9.17) is 14.2 Å². The Morgan fingerprint density at radius 2 is 1.75 bits per heavy atom. The highest BCUT2D eigenvalue weighted by Crippen LogP contribution is 2.38. The topological polar surface area (TPSA) is 115 Å². The number of aromatic amines is 1. The largest absolute Gasteiger partial charge is 0.493 e. The minimum atomic E-state index is -0.501. The number of aromatic nitrogens is 2. The van der Waals surface area contributed by atoms with Crippen LogP contribution in [0.1, 0.15) is 49.4 Å². The van der Waals surface area contributed by atoms with Gasteiger partial charge in [0.15, 0.2) is 17.2 Å². The summed E-state index contributed by atoms with van der Waals surface area (Å²) >= 11 is 0. The third-order valence-corrected chi connectivity index (χ3v) is 3.73. The van der Waals surface area contributed by atoms with Crippen LogP contribution in [0.25, 0.3) is 0 Å². The predicted octanol–water partition coefficient (Wildman–Crippen LogP) is 2.41. The molecule has 2 N–H and O–H groups in total. The molecule has 1 aromatic heterocycles. The molecule has 0 aliphatic heterocycles. The Morgan fingerprint density at radius 1 is 1.14 bits per heavy atom. The van der Waals surface area contributed by atoms with Gasteiger partial charge in [-0.05, 0) is 18.2 Å². The third kappa shape index (κ3) is 5.09. The number of H-pyrrole nitrogens is 1. The average molecular weight is 388 g/mol. The predicted molar refractivity (Wildman–Crippen MR) is 103 cm³/mol. The SMILES string of the molecule is COc1cc(/C=N/NC(=O)c2cc(C(C)(C)C)[nH]n2)cc(OC)c1OC(C)=O. The van der Waals surface area contributed by atoms with Gasteiger partial charge in [-0.25, -0.2) is 5.43 Å². The van der Waals surface area contributed by atoms with Crippen LogP contribution in [0.5, 0.6) is 17.2 Å². The van der Waals surface area contributed by atoms with Gasteiger partial charge in [-0.15, -0.1) is 0 Å². The van der Waals surface area contributed by atoms with Crippen LogP contribution in [0.15, 0.2) is 23.3 Å². The molecule has 2 rings (SSSR count). The van der Waals surface area contributed by atoms with Crippen LogP contribution < -0.4 is 19.6 Å². The Morgan fingerprint density at radius 3 is 2.21 bits per heavy atom. The summed E-state index contributed by atoms with van der Waals surface area (Å²) in [6, 6.07) is 4.89. The number of esters is 1. The van der Waals surface area contributed by atoms with Gasteiger partial charge in [0.1, 0.15) is 0 Å². The first-order valence-corrected chi connectivity index (χ1v) is 8.49. The molecule has 1 aromatic carbocycles. The Balaban J connectivity index is 2.16. The van der Waals surface area contributed by atoms with Gasteiger partial charge in [-0.2, -0.15) is 10.2 Å². The van der Waals surface area contributed by atoms with Crippen LogP contribution in [0, 0.1) is 0 Å². The molecule has 0 spiro atoms. The zero-order valence-electron chi connectivity index (χ0n) is 16.7. The van der Waals surface area contributed by atoms with E-state index in [1.165, 1.54) is 27.4 Å². The summed E-state index contributed by atoms with van der Waals surface area (Å²) < 4.78 is 15.6. The van der Waals surface area contributed by atoms with E-state index in [0.717, 1.165) is 5.69 Å². The fourth-order valence-electron chi connectivity index (χ4n) is 2.26. The van der Waals surface area contributed by atoms with Crippen molar-refractivity contribution in [2.24, 2.45) is 5.10 Å². The molecule has 9 heteroatoms. The van der Waals surface area contributed by atoms with E-state index in [-0.39, 0.29) is 16.9 Å². The second-order valence-electron chi connectivity index (χ2n) is 6.96. The van der Waals surface area contributed by atoms with Crippen molar-refractivity contribution in [2.45, 2.75) is 33.1 Å². The van der Waals surface area contributed by atoms with Crippen LogP contribution in [0.3, 0.4) is 0 Å². The molecular formula is C19H24N4O5. The van der Waals surface area contributed by atoms with E-state index in [1.54, 1.807) is 18.2 Å². The number of amides is 1. The molecule has 0 aliphatic carbocycles. The Bertz CT molecular complexity index is 871. The van der Waals surface area contributed by atoms with E-state index in [2.05, 4.69) is 20.7 Å². The van der Waals surface area contributed by atoms with Gasteiger partial charge in [0.05, 0.1) is 20.4 Å². The van der Waals surface area contributed by atoms with Crippen molar-refractivity contribution in [1.82, 2.24) is 15.6 Å². The minimum absolute atomic E-state index is 0.147. The number of hydrogen-bond acceptors (Lipinski definition) is 7. The van der Waals surface area contributed by atoms with E-state index >= 15 is 0 Å². The van der Waals surface area contributed by atoms with Crippen molar-refractivity contribution >= 4 is 18.1 Å². The molecule has 0 saturated carbocycles. The second-order valence-corrected chi connectivity index (χ2v) is 6.96. The molecule has 0 fully saturated rings. The Kier molecular flexibility index (Phi) is 6.40. The molecule has 2 aromatic rings. The molecule has 150 valence electrons. The van der Waals surface area contributed by atoms with Crippen LogP contribution in [0.2, 0.25) is 0 Å². The lowest BCUT2D eigenvalue weighted by Gasteiger charge is -2.14. The van der Waals surface area contributed by atoms with Gasteiger partial charge in [0.25, 0.3) is 5.91 Å². The molecule has 0 radical (unpaired) electrons. The number of hydrazone groups is 1. The van der Waals surface area contributed by atoms with Crippen LogP contribution in [-0.4, -0.2) is 42.5 Å². The molecule has 1 heterocycles. The molecule has 0 saturated heterocycles. The van der Waals surface area contributed by atoms with Crippen molar-refractivity contribution in [3.05, 3.63) is 35.2 Å². The number of benzene rings is 1. The Labute approximate surface area is 163 Å². The van der Waals surface area contributed by atoms with Crippen LogP contribution in [0.4, 0.5) is 0 Å². The maximum atomic E-state index is 12.2. The highest BCUT2D eigenvalue weighted by Gasteiger charge is 2.19. The molecule has 0 aliphatic rings. The van der Waals surface area contributed by atoms with Crippen LogP contribution in [-0.2, 0) is 10.2 Å². The fourth-order valence-corrected chi connectivity index (χ4v) is 2.26. The molecule has 0 unspecified atom stereocenters. The number of hydrogen-bond donors (Lipinski definition) is 2. The second kappa shape index (κ2) is 8.55. The molecular weight excluding hydrogens is 364 g/mol. The van der Waals surface area contributed by atoms with Gasteiger partial charge in [-0.3, -0.25) is 14.7 Å². The van der Waals surface area contributed by atoms with E-state index in [9.17, 15) is 9.59 Å². The maximum absolute atomic E-state index is 12.2. The molecule has 0 atom stereocenters. The number of carbonyl (C=O) groups excluding carboxylic acids is 2. The smallest absolute Gasteiger partial charge is 0.308 e. The van der Waals surface area contributed by atoms with Crippen LogP contribution >= 0.6 is 0 Å². The van der Waals surface area contributed by atoms with Gasteiger partial charge in [-0.1, -0.05) is 20.8 Å². The first kappa shape index (κ1) is 20.9. The third-order valence-electron chi connectivity index (χ3n) is 3.73. The zero-order valence-corrected chi connectivity index (χ0v) is 16.7. The first-order chi connectivity index (χ1) is 13.2.